The summed E-state index contributed by atoms with van der Waals surface area (Å²) in [5.41, 5.74) is 3.63. The molecule has 2 aliphatic heterocycles. The number of allylic oxidation sites excluding steroid dienone is 4. The minimum absolute atomic E-state index is 0.0854. The predicted molar refractivity (Wildman–Crippen MR) is 93.2 cm³/mol. The van der Waals surface area contributed by atoms with Crippen LogP contribution in [0.25, 0.3) is 0 Å². The van der Waals surface area contributed by atoms with Crippen molar-refractivity contribution in [2.75, 3.05) is 11.4 Å². The van der Waals surface area contributed by atoms with E-state index in [1.807, 2.05) is 24.5 Å². The molecule has 1 aromatic rings. The Hall–Kier alpha value is -2.27. The summed E-state index contributed by atoms with van der Waals surface area (Å²) in [7, 11) is 0. The van der Waals surface area contributed by atoms with Crippen molar-refractivity contribution in [2.24, 2.45) is 4.99 Å². The molecule has 0 saturated heterocycles. The van der Waals surface area contributed by atoms with Gasteiger partial charge in [0.25, 0.3) is 0 Å². The van der Waals surface area contributed by atoms with Crippen molar-refractivity contribution in [3.8, 4) is 0 Å². The fourth-order valence-corrected chi connectivity index (χ4v) is 3.34. The summed E-state index contributed by atoms with van der Waals surface area (Å²) < 4.78 is 0. The highest BCUT2D eigenvalue weighted by Crippen LogP contribution is 2.29. The molecule has 0 amide bonds. The van der Waals surface area contributed by atoms with Crippen molar-refractivity contribution >= 4 is 28.9 Å². The molecular formula is C17H16N4S. The average molecular weight is 308 g/mol. The third-order valence-corrected chi connectivity index (χ3v) is 4.34. The predicted octanol–water partition coefficient (Wildman–Crippen LogP) is 2.54. The standard InChI is InChI=1S/C17H16N4S/c22-17-19-14-7-3-1-2-6-13(14)16(20-17)21-10-4-5-12-11-18-9-8-15(12)21/h1-3,6-9,11,14H,4-5,10H2,(H,19,22). The third kappa shape index (κ3) is 2.27. The molecule has 0 aromatic carbocycles. The van der Waals surface area contributed by atoms with Gasteiger partial charge in [0.2, 0.25) is 0 Å². The van der Waals surface area contributed by atoms with Crippen molar-refractivity contribution in [1.82, 2.24) is 10.3 Å². The number of amidine groups is 1. The van der Waals surface area contributed by atoms with Crippen LogP contribution in [0, 0.1) is 0 Å². The summed E-state index contributed by atoms with van der Waals surface area (Å²) in [5.74, 6) is 0.956. The van der Waals surface area contributed by atoms with Gasteiger partial charge < -0.3 is 10.2 Å². The summed E-state index contributed by atoms with van der Waals surface area (Å²) in [6, 6.07) is 2.15. The number of rotatable bonds is 0. The number of anilines is 1. The van der Waals surface area contributed by atoms with E-state index in [2.05, 4.69) is 44.5 Å². The molecule has 1 N–H and O–H groups in total. The van der Waals surface area contributed by atoms with Crippen LogP contribution in [-0.2, 0) is 6.42 Å². The SMILES string of the molecule is S=C1N=C(N2CCCc3cnccc32)C2=CC=CC=CC2N1. The number of aliphatic imine (C=N–C) groups is 1. The molecule has 0 saturated carbocycles. The lowest BCUT2D eigenvalue weighted by molar-refractivity contribution is 0.761. The highest BCUT2D eigenvalue weighted by molar-refractivity contribution is 7.80. The van der Waals surface area contributed by atoms with E-state index in [0.29, 0.717) is 5.11 Å². The topological polar surface area (TPSA) is 40.5 Å². The number of hydrogen-bond donors (Lipinski definition) is 1. The largest absolute Gasteiger partial charge is 0.350 e. The van der Waals surface area contributed by atoms with E-state index in [0.717, 1.165) is 30.8 Å². The number of thiocarbonyl (C=S) groups is 1. The number of nitrogens with zero attached hydrogens (tertiary/aromatic N) is 3. The minimum Gasteiger partial charge on any atom is -0.350 e. The first-order valence-corrected chi connectivity index (χ1v) is 7.89. The van der Waals surface area contributed by atoms with Gasteiger partial charge >= 0.3 is 0 Å². The van der Waals surface area contributed by atoms with Gasteiger partial charge in [-0.05, 0) is 36.7 Å². The quantitative estimate of drug-likeness (QED) is 0.748. The number of aromatic nitrogens is 1. The molecule has 0 fully saturated rings. The highest BCUT2D eigenvalue weighted by atomic mass is 32.1. The van der Waals surface area contributed by atoms with Crippen LogP contribution in [0.15, 0.2) is 59.4 Å². The van der Waals surface area contributed by atoms with Gasteiger partial charge in [-0.3, -0.25) is 4.98 Å². The first-order valence-electron chi connectivity index (χ1n) is 7.48. The highest BCUT2D eigenvalue weighted by Gasteiger charge is 2.30. The molecule has 110 valence electrons. The lowest BCUT2D eigenvalue weighted by Crippen LogP contribution is -2.47. The van der Waals surface area contributed by atoms with E-state index in [4.69, 9.17) is 12.2 Å². The molecule has 1 aromatic heterocycles. The maximum absolute atomic E-state index is 5.34. The number of fused-ring (bicyclic) bond motifs is 2. The van der Waals surface area contributed by atoms with Crippen LogP contribution < -0.4 is 10.2 Å². The van der Waals surface area contributed by atoms with Crippen molar-refractivity contribution in [1.29, 1.82) is 0 Å². The zero-order valence-corrected chi connectivity index (χ0v) is 12.9. The molecule has 0 radical (unpaired) electrons. The first-order chi connectivity index (χ1) is 10.8. The van der Waals surface area contributed by atoms with E-state index in [9.17, 15) is 0 Å². The van der Waals surface area contributed by atoms with Crippen LogP contribution in [0.2, 0.25) is 0 Å². The fraction of sp³-hybridized carbons (Fsp3) is 0.235. The lowest BCUT2D eigenvalue weighted by atomic mass is 9.99. The summed E-state index contributed by atoms with van der Waals surface area (Å²) in [4.78, 5) is 11.2. The van der Waals surface area contributed by atoms with Crippen molar-refractivity contribution in [2.45, 2.75) is 18.9 Å². The minimum atomic E-state index is 0.0854. The number of pyridine rings is 1. The first kappa shape index (κ1) is 13.4. The molecule has 1 unspecified atom stereocenters. The Morgan fingerprint density at radius 1 is 1.27 bits per heavy atom. The lowest BCUT2D eigenvalue weighted by Gasteiger charge is -2.36. The molecule has 1 atom stereocenters. The smallest absolute Gasteiger partial charge is 0.195 e. The fourth-order valence-electron chi connectivity index (χ4n) is 3.13. The zero-order valence-electron chi connectivity index (χ0n) is 12.1. The number of nitrogens with one attached hydrogen (secondary N) is 1. The van der Waals surface area contributed by atoms with Crippen molar-refractivity contribution in [3.05, 3.63) is 60.0 Å². The van der Waals surface area contributed by atoms with Crippen molar-refractivity contribution in [3.63, 3.8) is 0 Å². The van der Waals surface area contributed by atoms with Gasteiger partial charge in [-0.25, -0.2) is 4.99 Å². The Labute approximate surface area is 135 Å². The second kappa shape index (κ2) is 5.50. The van der Waals surface area contributed by atoms with Crippen LogP contribution in [0.3, 0.4) is 0 Å². The van der Waals surface area contributed by atoms with Crippen LogP contribution in [0.1, 0.15) is 12.0 Å². The van der Waals surface area contributed by atoms with Gasteiger partial charge in [0.15, 0.2) is 5.11 Å². The number of aryl methyl sites for hydroxylation is 1. The second-order valence-corrected chi connectivity index (χ2v) is 5.90. The van der Waals surface area contributed by atoms with Crippen molar-refractivity contribution < 1.29 is 0 Å². The molecule has 1 aliphatic carbocycles. The Balaban J connectivity index is 1.81. The maximum Gasteiger partial charge on any atom is 0.195 e. The van der Waals surface area contributed by atoms with Crippen LogP contribution in [-0.4, -0.2) is 28.5 Å². The molecule has 0 bridgehead atoms. The molecule has 4 rings (SSSR count). The Morgan fingerprint density at radius 2 is 2.23 bits per heavy atom. The molecule has 22 heavy (non-hydrogen) atoms. The Bertz CT molecular complexity index is 745. The maximum atomic E-state index is 5.34. The average Bonchev–Trinajstić information content (AvgIpc) is 2.79. The zero-order chi connectivity index (χ0) is 14.9. The van der Waals surface area contributed by atoms with Gasteiger partial charge in [-0.2, -0.15) is 0 Å². The van der Waals surface area contributed by atoms with Crippen LogP contribution in [0.5, 0.6) is 0 Å². The van der Waals surface area contributed by atoms with Gasteiger partial charge in [0, 0.05) is 30.2 Å². The van der Waals surface area contributed by atoms with E-state index in [1.54, 1.807) is 0 Å². The molecule has 3 heterocycles. The summed E-state index contributed by atoms with van der Waals surface area (Å²) in [6.07, 6.45) is 16.3. The summed E-state index contributed by atoms with van der Waals surface area (Å²) >= 11 is 5.34. The third-order valence-electron chi connectivity index (χ3n) is 4.13. The van der Waals surface area contributed by atoms with E-state index >= 15 is 0 Å². The molecular weight excluding hydrogens is 292 g/mol. The van der Waals surface area contributed by atoms with Gasteiger partial charge in [-0.1, -0.05) is 30.4 Å². The van der Waals surface area contributed by atoms with Crippen LogP contribution in [0.4, 0.5) is 5.69 Å². The normalized spacial score (nSPS) is 23.0. The van der Waals surface area contributed by atoms with Crippen LogP contribution >= 0.6 is 12.2 Å². The molecule has 0 spiro atoms. The summed E-state index contributed by atoms with van der Waals surface area (Å²) in [5, 5.41) is 3.81. The van der Waals surface area contributed by atoms with Gasteiger partial charge in [-0.15, -0.1) is 0 Å². The molecule has 4 nitrogen and oxygen atoms in total. The van der Waals surface area contributed by atoms with E-state index in [-0.39, 0.29) is 6.04 Å². The Morgan fingerprint density at radius 3 is 3.18 bits per heavy atom. The van der Waals surface area contributed by atoms with Gasteiger partial charge in [0.1, 0.15) is 5.84 Å². The Kier molecular flexibility index (Phi) is 3.35. The molecule has 5 heteroatoms. The summed E-state index contributed by atoms with van der Waals surface area (Å²) in [6.45, 7) is 0.954. The van der Waals surface area contributed by atoms with Gasteiger partial charge in [0.05, 0.1) is 6.04 Å². The van der Waals surface area contributed by atoms with E-state index < -0.39 is 0 Å². The number of hydrogen-bond acceptors (Lipinski definition) is 3. The second-order valence-electron chi connectivity index (χ2n) is 5.51. The monoisotopic (exact) mass is 308 g/mol. The van der Waals surface area contributed by atoms with E-state index in [1.165, 1.54) is 11.3 Å². The molecule has 3 aliphatic rings.